The zero-order valence-electron chi connectivity index (χ0n) is 14.2. The molecular formula is C19H20N2O4. The van der Waals surface area contributed by atoms with Gasteiger partial charge in [0, 0.05) is 17.4 Å². The third-order valence-electron chi connectivity index (χ3n) is 3.94. The number of anilines is 2. The molecule has 6 nitrogen and oxygen atoms in total. The highest BCUT2D eigenvalue weighted by Gasteiger charge is 2.14. The Hall–Kier alpha value is -3.02. The summed E-state index contributed by atoms with van der Waals surface area (Å²) in [6.45, 7) is 4.96. The van der Waals surface area contributed by atoms with E-state index in [0.29, 0.717) is 36.1 Å². The van der Waals surface area contributed by atoms with E-state index >= 15 is 0 Å². The van der Waals surface area contributed by atoms with Gasteiger partial charge in [-0.1, -0.05) is 6.07 Å². The third kappa shape index (κ3) is 4.29. The summed E-state index contributed by atoms with van der Waals surface area (Å²) in [5.41, 5.74) is 3.47. The molecule has 2 amide bonds. The van der Waals surface area contributed by atoms with Crippen molar-refractivity contribution in [3.8, 4) is 11.5 Å². The van der Waals surface area contributed by atoms with Crippen molar-refractivity contribution >= 4 is 23.2 Å². The molecule has 2 aromatic rings. The lowest BCUT2D eigenvalue weighted by Gasteiger charge is -2.19. The Morgan fingerprint density at radius 3 is 2.12 bits per heavy atom. The Balaban J connectivity index is 1.56. The standard InChI is InChI=1S/C19H20N2O4/c1-12-3-4-14(9-13(12)2)20-18(22)11-19(23)21-15-5-6-16-17(10-15)25-8-7-24-16/h3-6,9-10H,7-8,11H2,1-2H3,(H,20,22)(H,21,23). The van der Waals surface area contributed by atoms with E-state index in [0.717, 1.165) is 11.1 Å². The van der Waals surface area contributed by atoms with Crippen molar-refractivity contribution in [2.75, 3.05) is 23.8 Å². The van der Waals surface area contributed by atoms with Crippen molar-refractivity contribution in [3.05, 3.63) is 47.5 Å². The second kappa shape index (κ2) is 7.25. The summed E-state index contributed by atoms with van der Waals surface area (Å²) < 4.78 is 10.9. The third-order valence-corrected chi connectivity index (χ3v) is 3.94. The molecular weight excluding hydrogens is 320 g/mol. The van der Waals surface area contributed by atoms with Gasteiger partial charge in [-0.2, -0.15) is 0 Å². The van der Waals surface area contributed by atoms with Crippen LogP contribution in [0.1, 0.15) is 17.5 Å². The quantitative estimate of drug-likeness (QED) is 0.839. The number of ether oxygens (including phenoxy) is 2. The van der Waals surface area contributed by atoms with Crippen molar-refractivity contribution in [2.45, 2.75) is 20.3 Å². The van der Waals surface area contributed by atoms with Crippen LogP contribution in [-0.4, -0.2) is 25.0 Å². The first-order chi connectivity index (χ1) is 12.0. The molecule has 1 heterocycles. The first kappa shape index (κ1) is 16.8. The van der Waals surface area contributed by atoms with E-state index in [1.54, 1.807) is 18.2 Å². The van der Waals surface area contributed by atoms with E-state index < -0.39 is 5.91 Å². The Labute approximate surface area is 146 Å². The maximum atomic E-state index is 12.1. The van der Waals surface area contributed by atoms with Crippen LogP contribution in [0.5, 0.6) is 11.5 Å². The number of nitrogens with one attached hydrogen (secondary N) is 2. The molecule has 0 radical (unpaired) electrons. The van der Waals surface area contributed by atoms with Crippen LogP contribution in [0.2, 0.25) is 0 Å². The molecule has 0 bridgehead atoms. The summed E-state index contributed by atoms with van der Waals surface area (Å²) in [5.74, 6) is 0.483. The molecule has 0 saturated carbocycles. The van der Waals surface area contributed by atoms with Gasteiger partial charge in [0.15, 0.2) is 11.5 Å². The zero-order chi connectivity index (χ0) is 17.8. The molecule has 2 N–H and O–H groups in total. The van der Waals surface area contributed by atoms with Crippen LogP contribution in [0.15, 0.2) is 36.4 Å². The number of hydrogen-bond donors (Lipinski definition) is 2. The first-order valence-corrected chi connectivity index (χ1v) is 8.08. The van der Waals surface area contributed by atoms with E-state index in [4.69, 9.17) is 9.47 Å². The molecule has 1 aliphatic rings. The Morgan fingerprint density at radius 2 is 1.44 bits per heavy atom. The normalized spacial score (nSPS) is 12.4. The van der Waals surface area contributed by atoms with E-state index in [1.807, 2.05) is 32.0 Å². The number of carbonyl (C=O) groups excluding carboxylic acids is 2. The SMILES string of the molecule is Cc1ccc(NC(=O)CC(=O)Nc2ccc3c(c2)OCCO3)cc1C. The lowest BCUT2D eigenvalue weighted by Crippen LogP contribution is -2.21. The van der Waals surface area contributed by atoms with Crippen molar-refractivity contribution in [1.29, 1.82) is 0 Å². The molecule has 130 valence electrons. The van der Waals surface area contributed by atoms with Crippen molar-refractivity contribution in [1.82, 2.24) is 0 Å². The molecule has 2 aromatic carbocycles. The topological polar surface area (TPSA) is 76.7 Å². The minimum absolute atomic E-state index is 0.263. The summed E-state index contributed by atoms with van der Waals surface area (Å²) in [6, 6.07) is 10.8. The smallest absolute Gasteiger partial charge is 0.233 e. The minimum atomic E-state index is -0.391. The summed E-state index contributed by atoms with van der Waals surface area (Å²) in [5, 5.41) is 5.43. The summed E-state index contributed by atoms with van der Waals surface area (Å²) in [6.07, 6.45) is -0.263. The number of carbonyl (C=O) groups is 2. The largest absolute Gasteiger partial charge is 0.486 e. The monoisotopic (exact) mass is 340 g/mol. The zero-order valence-corrected chi connectivity index (χ0v) is 14.2. The van der Waals surface area contributed by atoms with Crippen molar-refractivity contribution in [3.63, 3.8) is 0 Å². The molecule has 25 heavy (non-hydrogen) atoms. The summed E-state index contributed by atoms with van der Waals surface area (Å²) >= 11 is 0. The molecule has 1 aliphatic heterocycles. The molecule has 0 aliphatic carbocycles. The van der Waals surface area contributed by atoms with E-state index in [-0.39, 0.29) is 12.3 Å². The Morgan fingerprint density at radius 1 is 0.840 bits per heavy atom. The van der Waals surface area contributed by atoms with Crippen LogP contribution in [0, 0.1) is 13.8 Å². The number of amides is 2. The van der Waals surface area contributed by atoms with Crippen LogP contribution >= 0.6 is 0 Å². The molecule has 0 spiro atoms. The highest BCUT2D eigenvalue weighted by Crippen LogP contribution is 2.32. The van der Waals surface area contributed by atoms with Crippen LogP contribution in [0.4, 0.5) is 11.4 Å². The maximum absolute atomic E-state index is 12.1. The fourth-order valence-corrected chi connectivity index (χ4v) is 2.50. The predicted octanol–water partition coefficient (Wildman–Crippen LogP) is 3.04. The van der Waals surface area contributed by atoms with Gasteiger partial charge in [0.1, 0.15) is 19.6 Å². The molecule has 0 saturated heterocycles. The van der Waals surface area contributed by atoms with Crippen LogP contribution in [-0.2, 0) is 9.59 Å². The average Bonchev–Trinajstić information content (AvgIpc) is 2.58. The van der Waals surface area contributed by atoms with Gasteiger partial charge in [0.2, 0.25) is 11.8 Å². The Bertz CT molecular complexity index is 817. The van der Waals surface area contributed by atoms with Gasteiger partial charge in [-0.25, -0.2) is 0 Å². The maximum Gasteiger partial charge on any atom is 0.233 e. The van der Waals surface area contributed by atoms with Crippen molar-refractivity contribution < 1.29 is 19.1 Å². The second-order valence-electron chi connectivity index (χ2n) is 5.93. The molecule has 6 heteroatoms. The van der Waals surface area contributed by atoms with Crippen LogP contribution in [0.25, 0.3) is 0 Å². The first-order valence-electron chi connectivity index (χ1n) is 8.08. The van der Waals surface area contributed by atoms with Gasteiger partial charge >= 0.3 is 0 Å². The number of fused-ring (bicyclic) bond motifs is 1. The van der Waals surface area contributed by atoms with Gasteiger partial charge in [0.25, 0.3) is 0 Å². The number of hydrogen-bond acceptors (Lipinski definition) is 4. The minimum Gasteiger partial charge on any atom is -0.486 e. The molecule has 0 atom stereocenters. The highest BCUT2D eigenvalue weighted by atomic mass is 16.6. The van der Waals surface area contributed by atoms with Gasteiger partial charge in [0.05, 0.1) is 0 Å². The molecule has 3 rings (SSSR count). The number of rotatable bonds is 4. The number of benzene rings is 2. The van der Waals surface area contributed by atoms with Gasteiger partial charge in [-0.15, -0.1) is 0 Å². The fraction of sp³-hybridized carbons (Fsp3) is 0.263. The van der Waals surface area contributed by atoms with Crippen LogP contribution in [0.3, 0.4) is 0 Å². The van der Waals surface area contributed by atoms with E-state index in [2.05, 4.69) is 10.6 Å². The van der Waals surface area contributed by atoms with Gasteiger partial charge in [-0.05, 0) is 49.2 Å². The Kier molecular flexibility index (Phi) is 4.88. The second-order valence-corrected chi connectivity index (χ2v) is 5.93. The number of aryl methyl sites for hydroxylation is 2. The fourth-order valence-electron chi connectivity index (χ4n) is 2.50. The predicted molar refractivity (Wildman–Crippen MR) is 95.2 cm³/mol. The van der Waals surface area contributed by atoms with Crippen LogP contribution < -0.4 is 20.1 Å². The molecule has 0 aromatic heterocycles. The summed E-state index contributed by atoms with van der Waals surface area (Å²) in [7, 11) is 0. The van der Waals surface area contributed by atoms with Gasteiger partial charge < -0.3 is 20.1 Å². The average molecular weight is 340 g/mol. The highest BCUT2D eigenvalue weighted by molar-refractivity contribution is 6.08. The lowest BCUT2D eigenvalue weighted by molar-refractivity contribution is -0.123. The van der Waals surface area contributed by atoms with E-state index in [9.17, 15) is 9.59 Å². The molecule has 0 unspecified atom stereocenters. The molecule has 0 fully saturated rings. The lowest BCUT2D eigenvalue weighted by atomic mass is 10.1. The summed E-state index contributed by atoms with van der Waals surface area (Å²) in [4.78, 5) is 24.1. The van der Waals surface area contributed by atoms with Gasteiger partial charge in [-0.3, -0.25) is 9.59 Å². The van der Waals surface area contributed by atoms with E-state index in [1.165, 1.54) is 0 Å². The van der Waals surface area contributed by atoms with Crippen molar-refractivity contribution in [2.24, 2.45) is 0 Å².